The Bertz CT molecular complexity index is 706. The summed E-state index contributed by atoms with van der Waals surface area (Å²) < 4.78 is 0. The van der Waals surface area contributed by atoms with Crippen LogP contribution in [0.1, 0.15) is 0 Å². The minimum Gasteiger partial charge on any atom is -0.345 e. The van der Waals surface area contributed by atoms with Crippen molar-refractivity contribution in [1.29, 1.82) is 0 Å². The monoisotopic (exact) mass is 267 g/mol. The van der Waals surface area contributed by atoms with Crippen LogP contribution in [-0.4, -0.2) is 15.1 Å². The van der Waals surface area contributed by atoms with Crippen LogP contribution >= 0.6 is 12.2 Å². The van der Waals surface area contributed by atoms with E-state index in [0.717, 1.165) is 22.4 Å². The first-order chi connectivity index (χ1) is 9.31. The van der Waals surface area contributed by atoms with Crippen LogP contribution in [0.5, 0.6) is 0 Å². The molecule has 4 nitrogen and oxygen atoms in total. The zero-order valence-corrected chi connectivity index (χ0v) is 10.8. The molecule has 1 radical (unpaired) electrons. The van der Waals surface area contributed by atoms with Gasteiger partial charge in [0.1, 0.15) is 0 Å². The third-order valence-electron chi connectivity index (χ3n) is 2.66. The van der Waals surface area contributed by atoms with Gasteiger partial charge in [0.25, 0.3) is 0 Å². The summed E-state index contributed by atoms with van der Waals surface area (Å²) in [6.07, 6.45) is 1.67. The highest BCUT2D eigenvalue weighted by Crippen LogP contribution is 2.16. The van der Waals surface area contributed by atoms with Gasteiger partial charge in [-0.1, -0.05) is 12.1 Å². The number of hydrogen-bond donors (Lipinski definition) is 3. The van der Waals surface area contributed by atoms with E-state index in [4.69, 9.17) is 12.2 Å². The van der Waals surface area contributed by atoms with Gasteiger partial charge in [0.15, 0.2) is 5.11 Å². The SMILES string of the molecule is S=C(Nc1cc[c]cc1)Nc1ccc2[nH]cnc2c1. The fraction of sp³-hybridized carbons (Fsp3) is 0. The van der Waals surface area contributed by atoms with Gasteiger partial charge in [-0.15, -0.1) is 0 Å². The van der Waals surface area contributed by atoms with Gasteiger partial charge in [0.05, 0.1) is 17.4 Å². The van der Waals surface area contributed by atoms with Gasteiger partial charge >= 0.3 is 0 Å². The number of nitrogens with zero attached hydrogens (tertiary/aromatic N) is 1. The quantitative estimate of drug-likeness (QED) is 0.624. The Kier molecular flexibility index (Phi) is 3.12. The van der Waals surface area contributed by atoms with Gasteiger partial charge in [0.2, 0.25) is 0 Å². The maximum absolute atomic E-state index is 5.26. The number of anilines is 2. The molecule has 0 aliphatic heterocycles. The van der Waals surface area contributed by atoms with E-state index in [2.05, 4.69) is 26.7 Å². The minimum atomic E-state index is 0.543. The molecule has 0 bridgehead atoms. The number of fused-ring (bicyclic) bond motifs is 1. The number of aromatic nitrogens is 2. The maximum atomic E-state index is 5.26. The molecule has 0 fully saturated rings. The maximum Gasteiger partial charge on any atom is 0.175 e. The van der Waals surface area contributed by atoms with Crippen molar-refractivity contribution in [2.45, 2.75) is 0 Å². The Morgan fingerprint density at radius 2 is 1.89 bits per heavy atom. The molecule has 0 spiro atoms. The fourth-order valence-electron chi connectivity index (χ4n) is 1.77. The van der Waals surface area contributed by atoms with Crippen molar-refractivity contribution >= 4 is 39.7 Å². The van der Waals surface area contributed by atoms with Crippen molar-refractivity contribution in [1.82, 2.24) is 9.97 Å². The number of thiocarbonyl (C=S) groups is 1. The molecule has 19 heavy (non-hydrogen) atoms. The molecule has 3 aromatic rings. The average molecular weight is 267 g/mol. The number of rotatable bonds is 2. The number of imidazole rings is 1. The zero-order valence-electron chi connectivity index (χ0n) is 9.97. The van der Waals surface area contributed by atoms with Crippen LogP contribution in [0.2, 0.25) is 0 Å². The lowest BCUT2D eigenvalue weighted by atomic mass is 10.3. The fourth-order valence-corrected chi connectivity index (χ4v) is 2.01. The zero-order chi connectivity index (χ0) is 13.1. The van der Waals surface area contributed by atoms with Gasteiger partial charge in [-0.3, -0.25) is 0 Å². The summed E-state index contributed by atoms with van der Waals surface area (Å²) in [7, 11) is 0. The molecule has 0 amide bonds. The van der Waals surface area contributed by atoms with E-state index in [-0.39, 0.29) is 0 Å². The molecule has 0 saturated carbocycles. The second kappa shape index (κ2) is 5.07. The van der Waals surface area contributed by atoms with Crippen molar-refractivity contribution in [2.75, 3.05) is 10.6 Å². The van der Waals surface area contributed by atoms with Crippen LogP contribution in [0.3, 0.4) is 0 Å². The molecule has 5 heteroatoms. The van der Waals surface area contributed by atoms with Crippen molar-refractivity contribution in [3.8, 4) is 0 Å². The molecule has 0 aliphatic rings. The Morgan fingerprint density at radius 3 is 2.74 bits per heavy atom. The van der Waals surface area contributed by atoms with Gasteiger partial charge in [-0.25, -0.2) is 4.98 Å². The van der Waals surface area contributed by atoms with E-state index in [0.29, 0.717) is 5.11 Å². The highest BCUT2D eigenvalue weighted by molar-refractivity contribution is 7.80. The highest BCUT2D eigenvalue weighted by atomic mass is 32.1. The summed E-state index contributed by atoms with van der Waals surface area (Å²) in [4.78, 5) is 7.26. The van der Waals surface area contributed by atoms with E-state index in [1.165, 1.54) is 0 Å². The molecule has 1 heterocycles. The third-order valence-corrected chi connectivity index (χ3v) is 2.86. The number of hydrogen-bond acceptors (Lipinski definition) is 2. The van der Waals surface area contributed by atoms with E-state index >= 15 is 0 Å². The van der Waals surface area contributed by atoms with Gasteiger partial charge < -0.3 is 15.6 Å². The van der Waals surface area contributed by atoms with Crippen LogP contribution in [-0.2, 0) is 0 Å². The van der Waals surface area contributed by atoms with E-state index < -0.39 is 0 Å². The molecule has 3 rings (SSSR count). The molecule has 93 valence electrons. The Hall–Kier alpha value is -2.40. The van der Waals surface area contributed by atoms with Gasteiger partial charge in [-0.05, 0) is 48.6 Å². The summed E-state index contributed by atoms with van der Waals surface area (Å²) >= 11 is 5.26. The van der Waals surface area contributed by atoms with Crippen molar-refractivity contribution < 1.29 is 0 Å². The predicted molar refractivity (Wildman–Crippen MR) is 81.2 cm³/mol. The van der Waals surface area contributed by atoms with Crippen molar-refractivity contribution in [2.24, 2.45) is 0 Å². The molecule has 2 aromatic carbocycles. The first-order valence-corrected chi connectivity index (χ1v) is 6.19. The average Bonchev–Trinajstić information content (AvgIpc) is 2.87. The standard InChI is InChI=1S/C14H11N4S/c19-14(17-10-4-2-1-3-5-10)18-11-6-7-12-13(8-11)16-9-15-12/h2-9H,(H,15,16)(H2,17,18,19). The van der Waals surface area contributed by atoms with Crippen LogP contribution in [0.4, 0.5) is 11.4 Å². The largest absolute Gasteiger partial charge is 0.345 e. The summed E-state index contributed by atoms with van der Waals surface area (Å²) in [5.74, 6) is 0. The van der Waals surface area contributed by atoms with Crippen molar-refractivity contribution in [3.05, 3.63) is 54.9 Å². The summed E-state index contributed by atoms with van der Waals surface area (Å²) in [5, 5.41) is 6.78. The van der Waals surface area contributed by atoms with Crippen molar-refractivity contribution in [3.63, 3.8) is 0 Å². The van der Waals surface area contributed by atoms with E-state index in [1.807, 2.05) is 42.5 Å². The normalized spacial score (nSPS) is 10.3. The van der Waals surface area contributed by atoms with E-state index in [9.17, 15) is 0 Å². The summed E-state index contributed by atoms with van der Waals surface area (Å²) in [5.41, 5.74) is 3.74. The molecule has 0 atom stereocenters. The highest BCUT2D eigenvalue weighted by Gasteiger charge is 2.01. The van der Waals surface area contributed by atoms with Gasteiger partial charge in [0, 0.05) is 11.4 Å². The second-order valence-corrected chi connectivity index (χ2v) is 4.41. The summed E-state index contributed by atoms with van der Waals surface area (Å²) in [6, 6.07) is 16.3. The Morgan fingerprint density at radius 1 is 1.11 bits per heavy atom. The van der Waals surface area contributed by atoms with Crippen LogP contribution in [0, 0.1) is 6.07 Å². The number of aromatic amines is 1. The molecule has 3 N–H and O–H groups in total. The van der Waals surface area contributed by atoms with Crippen LogP contribution in [0.25, 0.3) is 11.0 Å². The lowest BCUT2D eigenvalue weighted by molar-refractivity contribution is 1.34. The van der Waals surface area contributed by atoms with E-state index in [1.54, 1.807) is 6.33 Å². The second-order valence-electron chi connectivity index (χ2n) is 4.00. The lowest BCUT2D eigenvalue weighted by Gasteiger charge is -2.10. The Balaban J connectivity index is 1.72. The molecule has 0 unspecified atom stereocenters. The topological polar surface area (TPSA) is 52.7 Å². The number of nitrogens with one attached hydrogen (secondary N) is 3. The number of benzene rings is 2. The first-order valence-electron chi connectivity index (χ1n) is 5.78. The lowest BCUT2D eigenvalue weighted by Crippen LogP contribution is -2.18. The first kappa shape index (κ1) is 11.7. The third kappa shape index (κ3) is 2.71. The molecular formula is C14H11N4S. The van der Waals surface area contributed by atoms with Gasteiger partial charge in [-0.2, -0.15) is 0 Å². The predicted octanol–water partition coefficient (Wildman–Crippen LogP) is 3.17. The number of H-pyrrole nitrogens is 1. The Labute approximate surface area is 115 Å². The molecule has 0 aliphatic carbocycles. The smallest absolute Gasteiger partial charge is 0.175 e. The van der Waals surface area contributed by atoms with Crippen LogP contribution < -0.4 is 10.6 Å². The molecule has 0 saturated heterocycles. The molecule has 1 aromatic heterocycles. The summed E-state index contributed by atoms with van der Waals surface area (Å²) in [6.45, 7) is 0. The van der Waals surface area contributed by atoms with Crippen LogP contribution in [0.15, 0.2) is 48.8 Å². The molecular weight excluding hydrogens is 256 g/mol. The minimum absolute atomic E-state index is 0.543.